The fourth-order valence-corrected chi connectivity index (χ4v) is 3.32. The van der Waals surface area contributed by atoms with Crippen LogP contribution in [0.1, 0.15) is 51.8 Å². The lowest BCUT2D eigenvalue weighted by atomic mass is 9.92. The van der Waals surface area contributed by atoms with Gasteiger partial charge in [-0.15, -0.1) is 0 Å². The molecule has 0 aliphatic heterocycles. The summed E-state index contributed by atoms with van der Waals surface area (Å²) in [5.74, 6) is 3.00. The molecule has 0 spiro atoms. The summed E-state index contributed by atoms with van der Waals surface area (Å²) < 4.78 is 2.34. The largest absolute Gasteiger partial charge is 0.335 e. The van der Waals surface area contributed by atoms with Crippen LogP contribution in [-0.2, 0) is 13.0 Å². The summed E-state index contributed by atoms with van der Waals surface area (Å²) in [5.41, 5.74) is 0. The van der Waals surface area contributed by atoms with Crippen LogP contribution in [0.3, 0.4) is 0 Å². The van der Waals surface area contributed by atoms with E-state index in [-0.39, 0.29) is 0 Å². The van der Waals surface area contributed by atoms with Crippen LogP contribution in [0.4, 0.5) is 0 Å². The Hall–Kier alpha value is -0.830. The summed E-state index contributed by atoms with van der Waals surface area (Å²) in [5, 5.41) is 3.60. The van der Waals surface area contributed by atoms with Gasteiger partial charge >= 0.3 is 0 Å². The number of nitrogens with one attached hydrogen (secondary N) is 1. The third-order valence-electron chi connectivity index (χ3n) is 4.36. The molecule has 2 unspecified atom stereocenters. The van der Waals surface area contributed by atoms with Crippen LogP contribution >= 0.6 is 0 Å². The molecule has 1 aromatic rings. The second-order valence-electron chi connectivity index (χ2n) is 5.90. The number of nitrogens with zero attached hydrogens (tertiary/aromatic N) is 2. The van der Waals surface area contributed by atoms with Gasteiger partial charge in [-0.1, -0.05) is 20.3 Å². The average Bonchev–Trinajstić information content (AvgIpc) is 3.02. The Bertz CT molecular complexity index is 359. The lowest BCUT2D eigenvalue weighted by molar-refractivity contribution is 0.356. The molecule has 3 nitrogen and oxygen atoms in total. The number of hydrogen-bond acceptors (Lipinski definition) is 2. The topological polar surface area (TPSA) is 29.9 Å². The van der Waals surface area contributed by atoms with Crippen molar-refractivity contribution in [3.8, 4) is 0 Å². The van der Waals surface area contributed by atoms with E-state index in [0.29, 0.717) is 0 Å². The maximum Gasteiger partial charge on any atom is 0.108 e. The van der Waals surface area contributed by atoms with Gasteiger partial charge in [0.25, 0.3) is 0 Å². The predicted octanol–water partition coefficient (Wildman–Crippen LogP) is 3.25. The molecule has 108 valence electrons. The van der Waals surface area contributed by atoms with Crippen molar-refractivity contribution < 1.29 is 0 Å². The zero-order chi connectivity index (χ0) is 13.5. The molecule has 0 saturated heterocycles. The molecule has 1 N–H and O–H groups in total. The second-order valence-corrected chi connectivity index (χ2v) is 5.90. The normalized spacial score (nSPS) is 23.1. The highest BCUT2D eigenvalue weighted by Crippen LogP contribution is 2.33. The first kappa shape index (κ1) is 14.6. The van der Waals surface area contributed by atoms with E-state index in [9.17, 15) is 0 Å². The van der Waals surface area contributed by atoms with Gasteiger partial charge < -0.3 is 9.88 Å². The van der Waals surface area contributed by atoms with Crippen molar-refractivity contribution in [2.45, 2.75) is 58.9 Å². The highest BCUT2D eigenvalue weighted by molar-refractivity contribution is 4.96. The smallest absolute Gasteiger partial charge is 0.108 e. The van der Waals surface area contributed by atoms with Crippen molar-refractivity contribution in [2.24, 2.45) is 11.8 Å². The van der Waals surface area contributed by atoms with Crippen LogP contribution < -0.4 is 5.32 Å². The van der Waals surface area contributed by atoms with Crippen molar-refractivity contribution in [2.75, 3.05) is 13.1 Å². The Balaban J connectivity index is 1.87. The van der Waals surface area contributed by atoms with Gasteiger partial charge in [0.05, 0.1) is 0 Å². The molecule has 1 saturated carbocycles. The molecule has 2 rings (SSSR count). The van der Waals surface area contributed by atoms with Crippen LogP contribution in [0.2, 0.25) is 0 Å². The van der Waals surface area contributed by atoms with E-state index in [1.54, 1.807) is 0 Å². The lowest BCUT2D eigenvalue weighted by Crippen LogP contribution is -2.27. The first-order chi connectivity index (χ1) is 9.35. The van der Waals surface area contributed by atoms with Gasteiger partial charge in [0.1, 0.15) is 5.82 Å². The summed E-state index contributed by atoms with van der Waals surface area (Å²) in [7, 11) is 0. The highest BCUT2D eigenvalue weighted by atomic mass is 15.1. The van der Waals surface area contributed by atoms with E-state index in [1.165, 1.54) is 50.9 Å². The lowest BCUT2D eigenvalue weighted by Gasteiger charge is -2.20. The summed E-state index contributed by atoms with van der Waals surface area (Å²) >= 11 is 0. The molecule has 3 heteroatoms. The number of imidazole rings is 1. The monoisotopic (exact) mass is 263 g/mol. The molecule has 1 aliphatic rings. The van der Waals surface area contributed by atoms with Crippen molar-refractivity contribution in [3.63, 3.8) is 0 Å². The number of hydrogen-bond donors (Lipinski definition) is 1. The van der Waals surface area contributed by atoms with Gasteiger partial charge in [-0.25, -0.2) is 4.98 Å². The van der Waals surface area contributed by atoms with Crippen molar-refractivity contribution in [3.05, 3.63) is 18.2 Å². The van der Waals surface area contributed by atoms with Gasteiger partial charge in [-0.3, -0.25) is 0 Å². The molecule has 0 aromatic carbocycles. The van der Waals surface area contributed by atoms with Crippen LogP contribution in [0, 0.1) is 11.8 Å². The molecule has 1 fully saturated rings. The Labute approximate surface area is 117 Å². The Morgan fingerprint density at radius 2 is 2.11 bits per heavy atom. The molecule has 1 heterocycles. The summed E-state index contributed by atoms with van der Waals surface area (Å²) in [6.07, 6.45) is 11.9. The predicted molar refractivity (Wildman–Crippen MR) is 80.2 cm³/mol. The first-order valence-corrected chi connectivity index (χ1v) is 8.05. The van der Waals surface area contributed by atoms with Crippen LogP contribution in [0.15, 0.2) is 12.4 Å². The average molecular weight is 263 g/mol. The molecule has 1 aliphatic carbocycles. The quantitative estimate of drug-likeness (QED) is 0.730. The summed E-state index contributed by atoms with van der Waals surface area (Å²) in [4.78, 5) is 4.57. The molecule has 0 bridgehead atoms. The number of rotatable bonds is 8. The summed E-state index contributed by atoms with van der Waals surface area (Å²) in [6, 6.07) is 0. The van der Waals surface area contributed by atoms with Crippen molar-refractivity contribution in [1.29, 1.82) is 0 Å². The minimum atomic E-state index is 0.836. The van der Waals surface area contributed by atoms with Crippen molar-refractivity contribution >= 4 is 0 Å². The van der Waals surface area contributed by atoms with Gasteiger partial charge in [-0.2, -0.15) is 0 Å². The molecule has 2 atom stereocenters. The van der Waals surface area contributed by atoms with E-state index < -0.39 is 0 Å². The van der Waals surface area contributed by atoms with E-state index >= 15 is 0 Å². The van der Waals surface area contributed by atoms with E-state index in [4.69, 9.17) is 0 Å². The Morgan fingerprint density at radius 3 is 2.89 bits per heavy atom. The minimum Gasteiger partial charge on any atom is -0.335 e. The third-order valence-corrected chi connectivity index (χ3v) is 4.36. The number of aromatic nitrogens is 2. The van der Waals surface area contributed by atoms with Gasteiger partial charge in [0, 0.05) is 25.4 Å². The fourth-order valence-electron chi connectivity index (χ4n) is 3.32. The van der Waals surface area contributed by atoms with Gasteiger partial charge in [0.15, 0.2) is 0 Å². The summed E-state index contributed by atoms with van der Waals surface area (Å²) in [6.45, 7) is 7.94. The molecule has 1 aromatic heterocycles. The van der Waals surface area contributed by atoms with E-state index in [2.05, 4.69) is 34.9 Å². The molecular formula is C16H29N3. The van der Waals surface area contributed by atoms with Crippen LogP contribution in [0.5, 0.6) is 0 Å². The Kier molecular flexibility index (Phi) is 5.90. The van der Waals surface area contributed by atoms with Gasteiger partial charge in [-0.05, 0) is 50.6 Å². The zero-order valence-corrected chi connectivity index (χ0v) is 12.6. The first-order valence-electron chi connectivity index (χ1n) is 8.05. The van der Waals surface area contributed by atoms with E-state index in [1.807, 2.05) is 6.20 Å². The zero-order valence-electron chi connectivity index (χ0n) is 12.6. The Morgan fingerprint density at radius 1 is 1.26 bits per heavy atom. The number of aryl methyl sites for hydroxylation is 1. The molecular weight excluding hydrogens is 234 g/mol. The third kappa shape index (κ3) is 4.07. The molecule has 19 heavy (non-hydrogen) atoms. The molecule has 0 radical (unpaired) electrons. The molecule has 0 amide bonds. The standard InChI is InChI=1S/C16H29N3/c1-3-8-17-13-15-7-5-6-14(15)12-16-18-9-11-19(16)10-4-2/h9,11,14-15,17H,3-8,10,12-13H2,1-2H3. The van der Waals surface area contributed by atoms with Crippen LogP contribution in [0.25, 0.3) is 0 Å². The SMILES string of the molecule is CCCNCC1CCCC1Cc1nccn1CCC. The maximum absolute atomic E-state index is 4.57. The highest BCUT2D eigenvalue weighted by Gasteiger charge is 2.27. The van der Waals surface area contributed by atoms with Crippen LogP contribution in [-0.4, -0.2) is 22.6 Å². The van der Waals surface area contributed by atoms with Gasteiger partial charge in [0.2, 0.25) is 0 Å². The van der Waals surface area contributed by atoms with E-state index in [0.717, 1.165) is 24.9 Å². The maximum atomic E-state index is 4.57. The fraction of sp³-hybridized carbons (Fsp3) is 0.812. The second kappa shape index (κ2) is 7.68. The minimum absolute atomic E-state index is 0.836. The van der Waals surface area contributed by atoms with Crippen molar-refractivity contribution in [1.82, 2.24) is 14.9 Å².